The topological polar surface area (TPSA) is 46.2 Å². The summed E-state index contributed by atoms with van der Waals surface area (Å²) in [6.07, 6.45) is 3.38. The smallest absolute Gasteiger partial charge is 0.143 e. The summed E-state index contributed by atoms with van der Waals surface area (Å²) in [6, 6.07) is 0. The molecule has 0 aromatic rings. The fraction of sp³-hybridized carbons (Fsp3) is 0.778. The second-order valence-electron chi connectivity index (χ2n) is 3.55. The molecule has 14 heavy (non-hydrogen) atoms. The number of rotatable bonds is 5. The quantitative estimate of drug-likeness (QED) is 0.250. The van der Waals surface area contributed by atoms with Crippen LogP contribution in [0.2, 0.25) is 0 Å². The molecule has 80 valence electrons. The molecule has 1 fully saturated rings. The number of hydrogen-bond acceptors (Lipinski definition) is 5. The maximum absolute atomic E-state index is 11.4. The summed E-state index contributed by atoms with van der Waals surface area (Å²) in [5.41, 5.74) is 0. The van der Waals surface area contributed by atoms with Crippen LogP contribution in [-0.2, 0) is 9.59 Å². The van der Waals surface area contributed by atoms with Crippen LogP contribution >= 0.6 is 22.6 Å². The van der Waals surface area contributed by atoms with E-state index in [1.807, 2.05) is 0 Å². The Hall–Kier alpha value is -0.0000000000000000555. The molecule has 1 saturated carbocycles. The fourth-order valence-electron chi connectivity index (χ4n) is 1.69. The molecular formula is C9H15NO2S2. The van der Waals surface area contributed by atoms with Crippen LogP contribution in [0, 0.1) is 5.92 Å². The molecule has 0 spiro atoms. The molecule has 1 aliphatic carbocycles. The molecule has 0 heterocycles. The van der Waals surface area contributed by atoms with E-state index < -0.39 is 0 Å². The summed E-state index contributed by atoms with van der Waals surface area (Å²) in [7, 11) is 1.29. The fourth-order valence-corrected chi connectivity index (χ4v) is 2.20. The predicted molar refractivity (Wildman–Crippen MR) is 61.2 cm³/mol. The van der Waals surface area contributed by atoms with Crippen LogP contribution in [0.4, 0.5) is 0 Å². The molecule has 1 aliphatic rings. The second kappa shape index (κ2) is 6.48. The molecule has 1 rings (SSSR count). The zero-order valence-corrected chi connectivity index (χ0v) is 9.70. The number of hydrogen-bond donors (Lipinski definition) is 2. The minimum atomic E-state index is 0.107. The lowest BCUT2D eigenvalue weighted by Gasteiger charge is -2.19. The van der Waals surface area contributed by atoms with E-state index in [0.717, 1.165) is 25.8 Å². The summed E-state index contributed by atoms with van der Waals surface area (Å²) < 4.78 is 3.01. The Balaban J connectivity index is 2.17. The van der Waals surface area contributed by atoms with E-state index in [9.17, 15) is 9.59 Å². The summed E-state index contributed by atoms with van der Waals surface area (Å²) in [5, 5.41) is 0. The summed E-state index contributed by atoms with van der Waals surface area (Å²) >= 11 is 3.94. The van der Waals surface area contributed by atoms with E-state index in [4.69, 9.17) is 0 Å². The molecule has 5 heteroatoms. The Labute approximate surface area is 93.3 Å². The van der Waals surface area contributed by atoms with E-state index >= 15 is 0 Å². The van der Waals surface area contributed by atoms with Crippen LogP contribution in [0.3, 0.4) is 0 Å². The molecule has 0 aromatic carbocycles. The van der Waals surface area contributed by atoms with Crippen molar-refractivity contribution >= 4 is 34.2 Å². The Morgan fingerprint density at radius 3 is 2.93 bits per heavy atom. The predicted octanol–water partition coefficient (Wildman–Crippen LogP) is 1.79. The third-order valence-electron chi connectivity index (χ3n) is 2.49. The minimum Gasteiger partial charge on any atom is -0.299 e. The molecule has 0 aliphatic heterocycles. The van der Waals surface area contributed by atoms with Crippen LogP contribution in [0.25, 0.3) is 0 Å². The van der Waals surface area contributed by atoms with Crippen LogP contribution in [0.5, 0.6) is 0 Å². The molecule has 0 saturated heterocycles. The van der Waals surface area contributed by atoms with Gasteiger partial charge in [-0.3, -0.25) is 14.3 Å². The van der Waals surface area contributed by atoms with Crippen molar-refractivity contribution in [2.24, 2.45) is 5.92 Å². The Bertz CT molecular complexity index is 221. The molecule has 1 atom stereocenters. The SMILES string of the molecule is O=C1CCC(CCCNSS)C(=O)C1. The number of thiol groups is 1. The van der Waals surface area contributed by atoms with Gasteiger partial charge in [-0.2, -0.15) is 0 Å². The Morgan fingerprint density at radius 1 is 1.50 bits per heavy atom. The normalized spacial score (nSPS) is 22.8. The van der Waals surface area contributed by atoms with Gasteiger partial charge < -0.3 is 0 Å². The van der Waals surface area contributed by atoms with E-state index in [2.05, 4.69) is 16.4 Å². The van der Waals surface area contributed by atoms with Gasteiger partial charge in [-0.05, 0) is 30.2 Å². The van der Waals surface area contributed by atoms with Crippen LogP contribution in [-0.4, -0.2) is 18.1 Å². The van der Waals surface area contributed by atoms with E-state index in [1.165, 1.54) is 11.0 Å². The van der Waals surface area contributed by atoms with Gasteiger partial charge in [-0.15, -0.1) is 0 Å². The lowest BCUT2D eigenvalue weighted by molar-refractivity contribution is -0.132. The zero-order valence-electron chi connectivity index (χ0n) is 7.99. The first kappa shape index (κ1) is 12.1. The maximum atomic E-state index is 11.4. The summed E-state index contributed by atoms with van der Waals surface area (Å²) in [4.78, 5) is 22.4. The highest BCUT2D eigenvalue weighted by atomic mass is 33.1. The average Bonchev–Trinajstić information content (AvgIpc) is 2.15. The molecule has 1 unspecified atom stereocenters. The molecule has 1 N–H and O–H groups in total. The maximum Gasteiger partial charge on any atom is 0.143 e. The highest BCUT2D eigenvalue weighted by Gasteiger charge is 2.26. The molecule has 0 amide bonds. The molecule has 3 nitrogen and oxygen atoms in total. The van der Waals surface area contributed by atoms with Gasteiger partial charge in [0, 0.05) is 18.9 Å². The monoisotopic (exact) mass is 233 g/mol. The van der Waals surface area contributed by atoms with Crippen molar-refractivity contribution in [3.8, 4) is 0 Å². The molecule has 0 aromatic heterocycles. The first-order chi connectivity index (χ1) is 6.74. The third kappa shape index (κ3) is 4.02. The van der Waals surface area contributed by atoms with Gasteiger partial charge in [0.05, 0.1) is 6.42 Å². The van der Waals surface area contributed by atoms with Crippen molar-refractivity contribution in [3.05, 3.63) is 0 Å². The molecule has 0 radical (unpaired) electrons. The minimum absolute atomic E-state index is 0.107. The first-order valence-electron chi connectivity index (χ1n) is 4.81. The van der Waals surface area contributed by atoms with E-state index in [0.29, 0.717) is 6.42 Å². The van der Waals surface area contributed by atoms with Crippen molar-refractivity contribution in [1.29, 1.82) is 0 Å². The number of Topliss-reactive ketones (excluding diaryl/α,β-unsaturated/α-hetero) is 2. The standard InChI is InChI=1S/C9H15NO2S2/c11-8-4-3-7(9(12)6-8)2-1-5-10-14-13/h7,10,13H,1-6H2. The summed E-state index contributed by atoms with van der Waals surface area (Å²) in [6.45, 7) is 0.867. The van der Waals surface area contributed by atoms with Gasteiger partial charge in [-0.1, -0.05) is 11.7 Å². The average molecular weight is 233 g/mol. The number of carbonyl (C=O) groups is 2. The lowest BCUT2D eigenvalue weighted by atomic mass is 9.84. The number of carbonyl (C=O) groups excluding carboxylic acids is 2. The zero-order chi connectivity index (χ0) is 10.4. The van der Waals surface area contributed by atoms with Crippen molar-refractivity contribution in [2.75, 3.05) is 6.54 Å². The number of nitrogens with one attached hydrogen (secondary N) is 1. The van der Waals surface area contributed by atoms with Crippen LogP contribution < -0.4 is 4.72 Å². The van der Waals surface area contributed by atoms with Gasteiger partial charge in [0.25, 0.3) is 0 Å². The van der Waals surface area contributed by atoms with Crippen molar-refractivity contribution in [2.45, 2.75) is 32.1 Å². The van der Waals surface area contributed by atoms with Crippen molar-refractivity contribution in [1.82, 2.24) is 4.72 Å². The Kier molecular flexibility index (Phi) is 5.59. The van der Waals surface area contributed by atoms with E-state index in [1.54, 1.807) is 0 Å². The van der Waals surface area contributed by atoms with Crippen molar-refractivity contribution in [3.63, 3.8) is 0 Å². The first-order valence-corrected chi connectivity index (χ1v) is 6.68. The third-order valence-corrected chi connectivity index (χ3v) is 3.21. The van der Waals surface area contributed by atoms with Gasteiger partial charge >= 0.3 is 0 Å². The summed E-state index contributed by atoms with van der Waals surface area (Å²) in [5.74, 6) is 0.370. The van der Waals surface area contributed by atoms with Crippen LogP contribution in [0.15, 0.2) is 0 Å². The van der Waals surface area contributed by atoms with E-state index in [-0.39, 0.29) is 23.9 Å². The highest BCUT2D eigenvalue weighted by molar-refractivity contribution is 8.67. The number of ketones is 2. The van der Waals surface area contributed by atoms with Gasteiger partial charge in [0.2, 0.25) is 0 Å². The lowest BCUT2D eigenvalue weighted by Crippen LogP contribution is -2.25. The van der Waals surface area contributed by atoms with Crippen molar-refractivity contribution < 1.29 is 9.59 Å². The van der Waals surface area contributed by atoms with Gasteiger partial charge in [-0.25, -0.2) is 0 Å². The second-order valence-corrected chi connectivity index (χ2v) is 4.56. The highest BCUT2D eigenvalue weighted by Crippen LogP contribution is 2.22. The van der Waals surface area contributed by atoms with Gasteiger partial charge in [0.1, 0.15) is 11.6 Å². The molecular weight excluding hydrogens is 218 g/mol. The molecule has 0 bridgehead atoms. The Morgan fingerprint density at radius 2 is 2.29 bits per heavy atom. The van der Waals surface area contributed by atoms with Crippen LogP contribution in [0.1, 0.15) is 32.1 Å². The van der Waals surface area contributed by atoms with Gasteiger partial charge in [0.15, 0.2) is 0 Å². The largest absolute Gasteiger partial charge is 0.299 e.